The van der Waals surface area contributed by atoms with Crippen LogP contribution in [0.4, 0.5) is 0 Å². The number of methoxy groups -OCH3 is 1. The standard InChI is InChI=1S/C12H16O3/c1-9-6-4-5-7-10(9)12(2,15-3)8-11(13)14/h4-7H,8H2,1-3H3,(H,13,14). The summed E-state index contributed by atoms with van der Waals surface area (Å²) in [5.41, 5.74) is 1.22. The van der Waals surface area contributed by atoms with E-state index in [9.17, 15) is 4.79 Å². The van der Waals surface area contributed by atoms with E-state index < -0.39 is 11.6 Å². The molecule has 0 aromatic heterocycles. The summed E-state index contributed by atoms with van der Waals surface area (Å²) in [6.07, 6.45) is -0.0334. The first kappa shape index (κ1) is 11.7. The van der Waals surface area contributed by atoms with Crippen LogP contribution in [0.2, 0.25) is 0 Å². The largest absolute Gasteiger partial charge is 0.481 e. The van der Waals surface area contributed by atoms with Crippen molar-refractivity contribution >= 4 is 5.97 Å². The highest BCUT2D eigenvalue weighted by molar-refractivity contribution is 5.68. The molecule has 1 unspecified atom stereocenters. The van der Waals surface area contributed by atoms with Crippen molar-refractivity contribution in [1.29, 1.82) is 0 Å². The molecule has 1 N–H and O–H groups in total. The van der Waals surface area contributed by atoms with Gasteiger partial charge < -0.3 is 9.84 Å². The predicted molar refractivity (Wildman–Crippen MR) is 57.8 cm³/mol. The second-order valence-corrected chi connectivity index (χ2v) is 3.82. The number of aliphatic carboxylic acids is 1. The number of benzene rings is 1. The zero-order valence-electron chi connectivity index (χ0n) is 9.28. The molecular weight excluding hydrogens is 192 g/mol. The lowest BCUT2D eigenvalue weighted by atomic mass is 9.89. The molecule has 0 aliphatic heterocycles. The molecule has 0 aliphatic carbocycles. The fourth-order valence-electron chi connectivity index (χ4n) is 1.73. The van der Waals surface area contributed by atoms with Crippen molar-refractivity contribution in [3.8, 4) is 0 Å². The molecule has 82 valence electrons. The minimum absolute atomic E-state index is 0.0334. The topological polar surface area (TPSA) is 46.5 Å². The fraction of sp³-hybridized carbons (Fsp3) is 0.417. The summed E-state index contributed by atoms with van der Waals surface area (Å²) in [7, 11) is 1.54. The van der Waals surface area contributed by atoms with Crippen molar-refractivity contribution in [3.63, 3.8) is 0 Å². The van der Waals surface area contributed by atoms with Crippen molar-refractivity contribution in [1.82, 2.24) is 0 Å². The molecule has 0 saturated carbocycles. The SMILES string of the molecule is COC(C)(CC(=O)O)c1ccccc1C. The van der Waals surface area contributed by atoms with Crippen LogP contribution < -0.4 is 0 Å². The van der Waals surface area contributed by atoms with E-state index in [1.807, 2.05) is 31.2 Å². The number of carboxylic acids is 1. The maximum Gasteiger partial charge on any atom is 0.306 e. The summed E-state index contributed by atoms with van der Waals surface area (Å²) in [5, 5.41) is 8.85. The average molecular weight is 208 g/mol. The van der Waals surface area contributed by atoms with Crippen LogP contribution in [0, 0.1) is 6.92 Å². The molecule has 0 radical (unpaired) electrons. The van der Waals surface area contributed by atoms with Crippen molar-refractivity contribution in [3.05, 3.63) is 35.4 Å². The third kappa shape index (κ3) is 2.57. The smallest absolute Gasteiger partial charge is 0.306 e. The van der Waals surface area contributed by atoms with E-state index in [1.54, 1.807) is 6.92 Å². The minimum Gasteiger partial charge on any atom is -0.481 e. The van der Waals surface area contributed by atoms with E-state index in [4.69, 9.17) is 9.84 Å². The molecule has 1 atom stereocenters. The Hall–Kier alpha value is -1.35. The van der Waals surface area contributed by atoms with Gasteiger partial charge in [-0.25, -0.2) is 0 Å². The van der Waals surface area contributed by atoms with Crippen LogP contribution in [0.5, 0.6) is 0 Å². The van der Waals surface area contributed by atoms with Crippen LogP contribution in [0.15, 0.2) is 24.3 Å². The van der Waals surface area contributed by atoms with Gasteiger partial charge in [-0.05, 0) is 25.0 Å². The van der Waals surface area contributed by atoms with Crippen LogP contribution in [0.1, 0.15) is 24.5 Å². The molecule has 1 aromatic carbocycles. The normalized spacial score (nSPS) is 14.6. The van der Waals surface area contributed by atoms with Crippen LogP contribution in [-0.2, 0) is 15.1 Å². The van der Waals surface area contributed by atoms with E-state index in [0.29, 0.717) is 0 Å². The highest BCUT2D eigenvalue weighted by atomic mass is 16.5. The molecule has 0 spiro atoms. The van der Waals surface area contributed by atoms with E-state index in [0.717, 1.165) is 11.1 Å². The molecule has 1 aromatic rings. The van der Waals surface area contributed by atoms with Gasteiger partial charge in [0.1, 0.15) is 5.60 Å². The second-order valence-electron chi connectivity index (χ2n) is 3.82. The number of rotatable bonds is 4. The van der Waals surface area contributed by atoms with Gasteiger partial charge in [0.2, 0.25) is 0 Å². The quantitative estimate of drug-likeness (QED) is 0.826. The van der Waals surface area contributed by atoms with Crippen LogP contribution in [-0.4, -0.2) is 18.2 Å². The maximum atomic E-state index is 10.8. The Morgan fingerprint density at radius 3 is 2.53 bits per heavy atom. The van der Waals surface area contributed by atoms with Crippen LogP contribution in [0.3, 0.4) is 0 Å². The summed E-state index contributed by atoms with van der Waals surface area (Å²) in [6.45, 7) is 3.75. The monoisotopic (exact) mass is 208 g/mol. The van der Waals surface area contributed by atoms with Gasteiger partial charge in [0.25, 0.3) is 0 Å². The Morgan fingerprint density at radius 2 is 2.07 bits per heavy atom. The zero-order valence-corrected chi connectivity index (χ0v) is 9.28. The molecule has 0 bridgehead atoms. The van der Waals surface area contributed by atoms with Gasteiger partial charge in [0.05, 0.1) is 6.42 Å². The Kier molecular flexibility index (Phi) is 3.48. The highest BCUT2D eigenvalue weighted by Crippen LogP contribution is 2.30. The molecule has 0 saturated heterocycles. The predicted octanol–water partition coefficient (Wildman–Crippen LogP) is 2.33. The number of hydrogen-bond donors (Lipinski definition) is 1. The third-order valence-electron chi connectivity index (χ3n) is 2.65. The van der Waals surface area contributed by atoms with Gasteiger partial charge in [0.15, 0.2) is 0 Å². The second kappa shape index (κ2) is 4.45. The van der Waals surface area contributed by atoms with Gasteiger partial charge in [-0.1, -0.05) is 24.3 Å². The molecule has 3 heteroatoms. The van der Waals surface area contributed by atoms with Crippen molar-refractivity contribution in [2.45, 2.75) is 25.9 Å². The molecule has 3 nitrogen and oxygen atoms in total. The molecule has 15 heavy (non-hydrogen) atoms. The number of carbonyl (C=O) groups is 1. The molecular formula is C12H16O3. The van der Waals surface area contributed by atoms with Crippen LogP contribution in [0.25, 0.3) is 0 Å². The third-order valence-corrected chi connectivity index (χ3v) is 2.65. The molecule has 0 heterocycles. The van der Waals surface area contributed by atoms with Gasteiger partial charge in [-0.2, -0.15) is 0 Å². The molecule has 0 aliphatic rings. The lowest BCUT2D eigenvalue weighted by molar-refractivity contribution is -0.143. The fourth-order valence-corrected chi connectivity index (χ4v) is 1.73. The summed E-state index contributed by atoms with van der Waals surface area (Å²) in [4.78, 5) is 10.8. The highest BCUT2D eigenvalue weighted by Gasteiger charge is 2.30. The van der Waals surface area contributed by atoms with E-state index in [-0.39, 0.29) is 6.42 Å². The lowest BCUT2D eigenvalue weighted by Gasteiger charge is -2.28. The molecule has 0 amide bonds. The molecule has 0 fully saturated rings. The van der Waals surface area contributed by atoms with Crippen molar-refractivity contribution in [2.75, 3.05) is 7.11 Å². The Labute approximate surface area is 89.7 Å². The first-order chi connectivity index (χ1) is 6.99. The van der Waals surface area contributed by atoms with Crippen LogP contribution >= 0.6 is 0 Å². The van der Waals surface area contributed by atoms with Gasteiger partial charge in [-0.15, -0.1) is 0 Å². The van der Waals surface area contributed by atoms with Gasteiger partial charge in [0, 0.05) is 7.11 Å². The summed E-state index contributed by atoms with van der Waals surface area (Å²) < 4.78 is 5.33. The van der Waals surface area contributed by atoms with E-state index >= 15 is 0 Å². The van der Waals surface area contributed by atoms with Gasteiger partial charge in [-0.3, -0.25) is 4.79 Å². The first-order valence-corrected chi connectivity index (χ1v) is 4.82. The number of aryl methyl sites for hydroxylation is 1. The Balaban J connectivity index is 3.11. The van der Waals surface area contributed by atoms with Crippen molar-refractivity contribution in [2.24, 2.45) is 0 Å². The number of carboxylic acid groups (broad SMARTS) is 1. The minimum atomic E-state index is -0.859. The van der Waals surface area contributed by atoms with Crippen molar-refractivity contribution < 1.29 is 14.6 Å². The maximum absolute atomic E-state index is 10.8. The molecule has 1 rings (SSSR count). The summed E-state index contributed by atoms with van der Waals surface area (Å²) >= 11 is 0. The van der Waals surface area contributed by atoms with Gasteiger partial charge >= 0.3 is 5.97 Å². The zero-order chi connectivity index (χ0) is 11.5. The average Bonchev–Trinajstić information content (AvgIpc) is 2.17. The first-order valence-electron chi connectivity index (χ1n) is 4.82. The summed E-state index contributed by atoms with van der Waals surface area (Å²) in [6, 6.07) is 7.67. The Bertz CT molecular complexity index is 360. The number of ether oxygens (including phenoxy) is 1. The number of hydrogen-bond acceptors (Lipinski definition) is 2. The lowest BCUT2D eigenvalue weighted by Crippen LogP contribution is -2.28. The van der Waals surface area contributed by atoms with E-state index in [2.05, 4.69) is 0 Å². The Morgan fingerprint density at radius 1 is 1.47 bits per heavy atom. The summed E-state index contributed by atoms with van der Waals surface area (Å²) in [5.74, 6) is -0.859. The van der Waals surface area contributed by atoms with E-state index in [1.165, 1.54) is 7.11 Å².